The Morgan fingerprint density at radius 1 is 1.21 bits per heavy atom. The third-order valence-electron chi connectivity index (χ3n) is 4.77. The zero-order chi connectivity index (χ0) is 19.5. The number of alkyl halides is 1. The van der Waals surface area contributed by atoms with Gasteiger partial charge in [0, 0.05) is 18.3 Å². The number of hydrogen-bond acceptors (Lipinski definition) is 5. The number of imidazole rings is 1. The Morgan fingerprint density at radius 2 is 2.07 bits per heavy atom. The number of hydrogen-bond donors (Lipinski definition) is 0. The van der Waals surface area contributed by atoms with Crippen molar-refractivity contribution in [1.82, 2.24) is 14.5 Å². The van der Waals surface area contributed by atoms with E-state index in [4.69, 9.17) is 9.82 Å². The molecule has 144 valence electrons. The summed E-state index contributed by atoms with van der Waals surface area (Å²) < 4.78 is 14.6. The topological polar surface area (TPSA) is 72.6 Å². The second-order valence-electron chi connectivity index (χ2n) is 6.47. The first-order valence-corrected chi connectivity index (χ1v) is 9.12. The fraction of sp³-hybridized carbons (Fsp3) is 0.300. The number of fused-ring (bicyclic) bond motifs is 2. The van der Waals surface area contributed by atoms with Gasteiger partial charge in [-0.05, 0) is 31.0 Å². The van der Waals surface area contributed by atoms with Crippen LogP contribution in [0.1, 0.15) is 24.2 Å². The smallest absolute Gasteiger partial charge is 0.281 e. The Morgan fingerprint density at radius 3 is 2.89 bits per heavy atom. The Hall–Kier alpha value is -3.29. The standard InChI is InChI=1S/C20H20FN5O2/c1-28-24-19-14-8-10-22-12-17(14)26(20(19)27)13-18-23-15-6-2-3-7-16(15)25(18)11-5-4-9-21/h2-3,6-8,10,12H,4-5,9,11,13H2,1H3/b24-19+. The highest BCUT2D eigenvalue weighted by Gasteiger charge is 2.35. The molecule has 2 aromatic heterocycles. The summed E-state index contributed by atoms with van der Waals surface area (Å²) in [5.74, 6) is 0.481. The highest BCUT2D eigenvalue weighted by molar-refractivity contribution is 6.54. The van der Waals surface area contributed by atoms with Crippen molar-refractivity contribution in [3.8, 4) is 0 Å². The molecule has 0 unspecified atom stereocenters. The van der Waals surface area contributed by atoms with Crippen LogP contribution in [-0.2, 0) is 22.7 Å². The van der Waals surface area contributed by atoms with Gasteiger partial charge in [-0.15, -0.1) is 0 Å². The molecule has 0 spiro atoms. The van der Waals surface area contributed by atoms with E-state index in [1.54, 1.807) is 23.4 Å². The summed E-state index contributed by atoms with van der Waals surface area (Å²) in [5.41, 5.74) is 3.43. The predicted octanol–water partition coefficient (Wildman–Crippen LogP) is 3.08. The van der Waals surface area contributed by atoms with Crippen LogP contribution in [0.2, 0.25) is 0 Å². The number of benzene rings is 1. The third-order valence-corrected chi connectivity index (χ3v) is 4.77. The van der Waals surface area contributed by atoms with E-state index in [1.165, 1.54) is 7.11 Å². The van der Waals surface area contributed by atoms with Gasteiger partial charge >= 0.3 is 0 Å². The molecule has 0 aliphatic carbocycles. The quantitative estimate of drug-likeness (QED) is 0.466. The number of oxime groups is 1. The maximum absolute atomic E-state index is 12.9. The zero-order valence-corrected chi connectivity index (χ0v) is 15.5. The molecule has 0 fully saturated rings. The van der Waals surface area contributed by atoms with E-state index in [-0.39, 0.29) is 24.8 Å². The molecular weight excluding hydrogens is 361 g/mol. The van der Waals surface area contributed by atoms with Crippen molar-refractivity contribution >= 4 is 28.3 Å². The first kappa shape index (κ1) is 18.1. The van der Waals surface area contributed by atoms with Gasteiger partial charge in [-0.3, -0.25) is 19.1 Å². The number of anilines is 1. The van der Waals surface area contributed by atoms with Crippen molar-refractivity contribution in [3.05, 3.63) is 54.1 Å². The van der Waals surface area contributed by atoms with Gasteiger partial charge in [-0.25, -0.2) is 4.98 Å². The van der Waals surface area contributed by atoms with E-state index in [0.717, 1.165) is 16.9 Å². The van der Waals surface area contributed by atoms with Crippen molar-refractivity contribution in [2.45, 2.75) is 25.9 Å². The van der Waals surface area contributed by atoms with E-state index in [1.807, 2.05) is 24.3 Å². The molecular formula is C20H20FN5O2. The van der Waals surface area contributed by atoms with Gasteiger partial charge < -0.3 is 9.40 Å². The van der Waals surface area contributed by atoms with Gasteiger partial charge in [0.15, 0.2) is 5.71 Å². The maximum Gasteiger partial charge on any atom is 0.281 e. The van der Waals surface area contributed by atoms with Crippen LogP contribution in [-0.4, -0.2) is 39.9 Å². The fourth-order valence-corrected chi connectivity index (χ4v) is 3.49. The lowest BCUT2D eigenvalue weighted by atomic mass is 10.2. The molecule has 0 atom stereocenters. The Balaban J connectivity index is 1.73. The summed E-state index contributed by atoms with van der Waals surface area (Å²) in [5, 5.41) is 3.89. The van der Waals surface area contributed by atoms with Crippen LogP contribution in [0.25, 0.3) is 11.0 Å². The minimum Gasteiger partial charge on any atom is -0.398 e. The third kappa shape index (κ3) is 3.11. The molecule has 0 N–H and O–H groups in total. The molecule has 3 aromatic rings. The van der Waals surface area contributed by atoms with Crippen molar-refractivity contribution in [1.29, 1.82) is 0 Å². The van der Waals surface area contributed by atoms with E-state index < -0.39 is 0 Å². The number of aryl methyl sites for hydroxylation is 1. The lowest BCUT2D eigenvalue weighted by Gasteiger charge is -2.17. The maximum atomic E-state index is 12.9. The minimum atomic E-state index is -0.345. The highest BCUT2D eigenvalue weighted by Crippen LogP contribution is 2.30. The van der Waals surface area contributed by atoms with Crippen LogP contribution in [0.15, 0.2) is 47.9 Å². The predicted molar refractivity (Wildman–Crippen MR) is 104 cm³/mol. The number of aromatic nitrogens is 3. The largest absolute Gasteiger partial charge is 0.398 e. The van der Waals surface area contributed by atoms with Crippen LogP contribution in [0.4, 0.5) is 10.1 Å². The van der Waals surface area contributed by atoms with Crippen molar-refractivity contribution in [2.24, 2.45) is 5.16 Å². The van der Waals surface area contributed by atoms with Crippen LogP contribution >= 0.6 is 0 Å². The lowest BCUT2D eigenvalue weighted by molar-refractivity contribution is -0.112. The summed E-state index contributed by atoms with van der Waals surface area (Å²) in [6.07, 6.45) is 4.45. The normalized spacial score (nSPS) is 14.9. The number of rotatable bonds is 7. The number of nitrogens with zero attached hydrogens (tertiary/aromatic N) is 5. The van der Waals surface area contributed by atoms with Gasteiger partial charge in [0.1, 0.15) is 12.9 Å². The number of para-hydroxylation sites is 2. The number of pyridine rings is 1. The molecule has 0 radical (unpaired) electrons. The van der Waals surface area contributed by atoms with Crippen molar-refractivity contribution < 1.29 is 14.0 Å². The zero-order valence-electron chi connectivity index (χ0n) is 15.5. The monoisotopic (exact) mass is 381 g/mol. The first-order valence-electron chi connectivity index (χ1n) is 9.12. The molecule has 28 heavy (non-hydrogen) atoms. The van der Waals surface area contributed by atoms with Crippen LogP contribution in [0.3, 0.4) is 0 Å². The summed E-state index contributed by atoms with van der Waals surface area (Å²) in [6, 6.07) is 9.54. The number of carbonyl (C=O) groups excluding carboxylic acids is 1. The van der Waals surface area contributed by atoms with Crippen LogP contribution in [0, 0.1) is 0 Å². The Kier molecular flexibility index (Phi) is 5.01. The molecule has 3 heterocycles. The number of unbranched alkanes of at least 4 members (excludes halogenated alkanes) is 1. The molecule has 0 saturated heterocycles. The molecule has 0 saturated carbocycles. The summed E-state index contributed by atoms with van der Waals surface area (Å²) in [4.78, 5) is 28.3. The van der Waals surface area contributed by atoms with Crippen LogP contribution in [0.5, 0.6) is 0 Å². The Labute approximate surface area is 161 Å². The SMILES string of the molecule is CO/N=C1/C(=O)N(Cc2nc3ccccc3n2CCCCF)c2cnccc21. The molecule has 1 aliphatic rings. The number of amides is 1. The lowest BCUT2D eigenvalue weighted by Crippen LogP contribution is -2.31. The number of carbonyl (C=O) groups is 1. The van der Waals surface area contributed by atoms with Crippen molar-refractivity contribution in [3.63, 3.8) is 0 Å². The summed E-state index contributed by atoms with van der Waals surface area (Å²) >= 11 is 0. The van der Waals surface area contributed by atoms with Crippen LogP contribution < -0.4 is 4.90 Å². The van der Waals surface area contributed by atoms with E-state index in [0.29, 0.717) is 30.6 Å². The van der Waals surface area contributed by atoms with Gasteiger partial charge in [-0.2, -0.15) is 0 Å². The second-order valence-corrected chi connectivity index (χ2v) is 6.47. The average Bonchev–Trinajstić information content (AvgIpc) is 3.19. The first-order chi connectivity index (χ1) is 13.7. The van der Waals surface area contributed by atoms with Gasteiger partial charge in [0.05, 0.1) is 36.1 Å². The summed E-state index contributed by atoms with van der Waals surface area (Å²) in [7, 11) is 1.41. The van der Waals surface area contributed by atoms with E-state index in [2.05, 4.69) is 14.7 Å². The molecule has 1 aromatic carbocycles. The van der Waals surface area contributed by atoms with Gasteiger partial charge in [0.25, 0.3) is 5.91 Å². The van der Waals surface area contributed by atoms with Gasteiger partial charge in [-0.1, -0.05) is 17.3 Å². The molecule has 4 rings (SSSR count). The van der Waals surface area contributed by atoms with Crippen molar-refractivity contribution in [2.75, 3.05) is 18.7 Å². The summed E-state index contributed by atoms with van der Waals surface area (Å²) in [6.45, 7) is 0.563. The molecule has 0 bridgehead atoms. The molecule has 7 nitrogen and oxygen atoms in total. The molecule has 8 heteroatoms. The highest BCUT2D eigenvalue weighted by atomic mass is 19.1. The second kappa shape index (κ2) is 7.75. The average molecular weight is 381 g/mol. The van der Waals surface area contributed by atoms with E-state index in [9.17, 15) is 9.18 Å². The number of halogens is 1. The van der Waals surface area contributed by atoms with E-state index >= 15 is 0 Å². The molecule has 1 aliphatic heterocycles. The fourth-order valence-electron chi connectivity index (χ4n) is 3.49. The van der Waals surface area contributed by atoms with Gasteiger partial charge in [0.2, 0.25) is 0 Å². The Bertz CT molecular complexity index is 1050. The molecule has 1 amide bonds. The minimum absolute atomic E-state index is 0.250.